The maximum absolute atomic E-state index is 13.3. The van der Waals surface area contributed by atoms with Crippen LogP contribution in [0.3, 0.4) is 0 Å². The summed E-state index contributed by atoms with van der Waals surface area (Å²) in [6, 6.07) is 13.8. The van der Waals surface area contributed by atoms with E-state index in [-0.39, 0.29) is 11.8 Å². The third kappa shape index (κ3) is 5.44. The maximum Gasteiger partial charge on any atom is 0.315 e. The van der Waals surface area contributed by atoms with Crippen molar-refractivity contribution in [3.05, 3.63) is 89.3 Å². The van der Waals surface area contributed by atoms with Crippen molar-refractivity contribution in [3.63, 3.8) is 0 Å². The summed E-state index contributed by atoms with van der Waals surface area (Å²) in [6.45, 7) is 4.85. The molecule has 2 aromatic carbocycles. The molecular weight excluding hydrogens is 367 g/mol. The molecule has 0 aliphatic heterocycles. The van der Waals surface area contributed by atoms with Crippen molar-refractivity contribution in [3.8, 4) is 0 Å². The van der Waals surface area contributed by atoms with Crippen molar-refractivity contribution in [2.45, 2.75) is 32.2 Å². The number of carbonyl (C=O) groups is 1. The summed E-state index contributed by atoms with van der Waals surface area (Å²) in [5.41, 5.74) is 3.24. The molecule has 2 amide bonds. The van der Waals surface area contributed by atoms with Crippen LogP contribution >= 0.6 is 0 Å². The summed E-state index contributed by atoms with van der Waals surface area (Å²) in [5.74, 6) is 0.860. The summed E-state index contributed by atoms with van der Waals surface area (Å²) in [5, 5.41) is 5.85. The van der Waals surface area contributed by atoms with Gasteiger partial charge in [-0.15, -0.1) is 0 Å². The minimum absolute atomic E-state index is 0.291. The smallest absolute Gasteiger partial charge is 0.315 e. The van der Waals surface area contributed by atoms with Gasteiger partial charge in [-0.2, -0.15) is 0 Å². The molecule has 1 heterocycles. The molecule has 0 saturated heterocycles. The first-order chi connectivity index (χ1) is 13.9. The van der Waals surface area contributed by atoms with E-state index in [9.17, 15) is 9.18 Å². The number of hydrogen-bond donors (Lipinski definition) is 2. The third-order valence-corrected chi connectivity index (χ3v) is 4.94. The van der Waals surface area contributed by atoms with Crippen molar-refractivity contribution in [2.24, 2.45) is 7.05 Å². The largest absolute Gasteiger partial charge is 0.338 e. The Morgan fingerprint density at radius 2 is 1.72 bits per heavy atom. The quantitative estimate of drug-likeness (QED) is 0.627. The zero-order chi connectivity index (χ0) is 20.8. The van der Waals surface area contributed by atoms with Crippen LogP contribution in [0.5, 0.6) is 0 Å². The van der Waals surface area contributed by atoms with E-state index >= 15 is 0 Å². The summed E-state index contributed by atoms with van der Waals surface area (Å²) in [4.78, 5) is 16.8. The average molecular weight is 394 g/mol. The predicted octanol–water partition coefficient (Wildman–Crippen LogP) is 4.31. The van der Waals surface area contributed by atoms with Crippen LogP contribution in [0, 0.1) is 5.82 Å². The standard InChI is InChI=1S/C23H27FN4O/c1-16(2)18-6-4-17(5-7-18)12-13-26-23(29)27-21(22-25-14-15-28(22)3)19-8-10-20(24)11-9-19/h4-11,14-16,21H,12-13H2,1-3H3,(H2,26,27,29)/t21-/m1/s1. The maximum atomic E-state index is 13.3. The number of urea groups is 1. The molecule has 0 aliphatic rings. The number of hydrogen-bond acceptors (Lipinski definition) is 2. The number of rotatable bonds is 7. The Morgan fingerprint density at radius 1 is 1.07 bits per heavy atom. The monoisotopic (exact) mass is 394 g/mol. The fourth-order valence-electron chi connectivity index (χ4n) is 3.18. The molecule has 29 heavy (non-hydrogen) atoms. The van der Waals surface area contributed by atoms with Crippen molar-refractivity contribution in [2.75, 3.05) is 6.54 Å². The first kappa shape index (κ1) is 20.6. The van der Waals surface area contributed by atoms with Gasteiger partial charge in [0.25, 0.3) is 0 Å². The summed E-state index contributed by atoms with van der Waals surface area (Å²) < 4.78 is 15.1. The minimum atomic E-state index is -0.471. The molecule has 0 saturated carbocycles. The highest BCUT2D eigenvalue weighted by Gasteiger charge is 2.20. The van der Waals surface area contributed by atoms with Gasteiger partial charge in [0, 0.05) is 26.0 Å². The van der Waals surface area contributed by atoms with Crippen LogP contribution in [0.25, 0.3) is 0 Å². The van der Waals surface area contributed by atoms with E-state index < -0.39 is 6.04 Å². The number of benzene rings is 2. The number of aromatic nitrogens is 2. The van der Waals surface area contributed by atoms with Gasteiger partial charge in [0.2, 0.25) is 0 Å². The van der Waals surface area contributed by atoms with Crippen LogP contribution in [-0.2, 0) is 13.5 Å². The van der Waals surface area contributed by atoms with Gasteiger partial charge in [0.05, 0.1) is 0 Å². The number of halogens is 1. The van der Waals surface area contributed by atoms with Crippen molar-refractivity contribution >= 4 is 6.03 Å². The van der Waals surface area contributed by atoms with Crippen molar-refractivity contribution < 1.29 is 9.18 Å². The van der Waals surface area contributed by atoms with E-state index in [0.29, 0.717) is 18.3 Å². The molecule has 2 N–H and O–H groups in total. The minimum Gasteiger partial charge on any atom is -0.338 e. The first-order valence-corrected chi connectivity index (χ1v) is 9.80. The molecule has 1 atom stereocenters. The van der Waals surface area contributed by atoms with Gasteiger partial charge in [-0.3, -0.25) is 0 Å². The first-order valence-electron chi connectivity index (χ1n) is 9.80. The van der Waals surface area contributed by atoms with E-state index in [2.05, 4.69) is 53.7 Å². The lowest BCUT2D eigenvalue weighted by Gasteiger charge is -2.19. The van der Waals surface area contributed by atoms with E-state index in [1.54, 1.807) is 18.3 Å². The van der Waals surface area contributed by atoms with E-state index in [1.165, 1.54) is 23.3 Å². The molecule has 3 rings (SSSR count). The molecule has 5 nitrogen and oxygen atoms in total. The Labute approximate surface area is 171 Å². The van der Waals surface area contributed by atoms with E-state index in [1.807, 2.05) is 17.8 Å². The van der Waals surface area contributed by atoms with Crippen LogP contribution < -0.4 is 10.6 Å². The number of amides is 2. The van der Waals surface area contributed by atoms with Crippen molar-refractivity contribution in [1.82, 2.24) is 20.2 Å². The molecule has 0 bridgehead atoms. The van der Waals surface area contributed by atoms with Gasteiger partial charge in [-0.25, -0.2) is 14.2 Å². The second kappa shape index (κ2) is 9.37. The topological polar surface area (TPSA) is 59.0 Å². The van der Waals surface area contributed by atoms with E-state index in [0.717, 1.165) is 12.0 Å². The number of nitrogens with zero attached hydrogens (tertiary/aromatic N) is 2. The van der Waals surface area contributed by atoms with Crippen LogP contribution in [0.2, 0.25) is 0 Å². The number of imidazole rings is 1. The molecular formula is C23H27FN4O. The van der Waals surface area contributed by atoms with Crippen LogP contribution in [0.15, 0.2) is 60.9 Å². The van der Waals surface area contributed by atoms with Crippen molar-refractivity contribution in [1.29, 1.82) is 0 Å². The van der Waals surface area contributed by atoms with Gasteiger partial charge in [-0.05, 0) is 41.2 Å². The molecule has 0 unspecified atom stereocenters. The fraction of sp³-hybridized carbons (Fsp3) is 0.304. The Kier molecular flexibility index (Phi) is 6.65. The highest BCUT2D eigenvalue weighted by molar-refractivity contribution is 5.74. The summed E-state index contributed by atoms with van der Waals surface area (Å²) >= 11 is 0. The highest BCUT2D eigenvalue weighted by Crippen LogP contribution is 2.20. The van der Waals surface area contributed by atoms with E-state index in [4.69, 9.17) is 0 Å². The molecule has 3 aromatic rings. The lowest BCUT2D eigenvalue weighted by molar-refractivity contribution is 0.238. The van der Waals surface area contributed by atoms with Gasteiger partial charge in [0.1, 0.15) is 17.7 Å². The Bertz CT molecular complexity index is 932. The van der Waals surface area contributed by atoms with Gasteiger partial charge < -0.3 is 15.2 Å². The van der Waals surface area contributed by atoms with Gasteiger partial charge in [-0.1, -0.05) is 50.2 Å². The lowest BCUT2D eigenvalue weighted by atomic mass is 10.0. The average Bonchev–Trinajstić information content (AvgIpc) is 3.13. The number of nitrogens with one attached hydrogen (secondary N) is 2. The van der Waals surface area contributed by atoms with Crippen LogP contribution in [-0.4, -0.2) is 22.1 Å². The normalized spacial score (nSPS) is 12.0. The zero-order valence-corrected chi connectivity index (χ0v) is 17.0. The van der Waals surface area contributed by atoms with Crippen LogP contribution in [0.4, 0.5) is 9.18 Å². The molecule has 6 heteroatoms. The molecule has 0 aliphatic carbocycles. The molecule has 1 aromatic heterocycles. The lowest BCUT2D eigenvalue weighted by Crippen LogP contribution is -2.40. The Morgan fingerprint density at radius 3 is 2.31 bits per heavy atom. The molecule has 0 fully saturated rings. The molecule has 152 valence electrons. The van der Waals surface area contributed by atoms with Crippen LogP contribution in [0.1, 0.15) is 48.3 Å². The molecule has 0 radical (unpaired) electrons. The Hall–Kier alpha value is -3.15. The summed E-state index contributed by atoms with van der Waals surface area (Å²) in [6.07, 6.45) is 4.23. The second-order valence-corrected chi connectivity index (χ2v) is 7.43. The highest BCUT2D eigenvalue weighted by atomic mass is 19.1. The van der Waals surface area contributed by atoms with Gasteiger partial charge >= 0.3 is 6.03 Å². The number of carbonyl (C=O) groups excluding carboxylic acids is 1. The SMILES string of the molecule is CC(C)c1ccc(CCNC(=O)N[C@H](c2ccc(F)cc2)c2nccn2C)cc1. The van der Waals surface area contributed by atoms with Gasteiger partial charge in [0.15, 0.2) is 0 Å². The third-order valence-electron chi connectivity index (χ3n) is 4.94. The fourth-order valence-corrected chi connectivity index (χ4v) is 3.18. The zero-order valence-electron chi connectivity index (χ0n) is 17.0. The predicted molar refractivity (Wildman–Crippen MR) is 112 cm³/mol. The summed E-state index contributed by atoms with van der Waals surface area (Å²) in [7, 11) is 1.86. The second-order valence-electron chi connectivity index (χ2n) is 7.43. The Balaban J connectivity index is 1.61. The molecule has 0 spiro atoms. The number of aryl methyl sites for hydroxylation is 1.